The fraction of sp³-hybridized carbons (Fsp3) is 0.381. The zero-order valence-corrected chi connectivity index (χ0v) is 18.6. The van der Waals surface area contributed by atoms with Gasteiger partial charge in [-0.1, -0.05) is 18.0 Å². The van der Waals surface area contributed by atoms with Gasteiger partial charge in [0.1, 0.15) is 23.9 Å². The van der Waals surface area contributed by atoms with E-state index in [1.807, 2.05) is 0 Å². The van der Waals surface area contributed by atoms with Crippen molar-refractivity contribution in [1.82, 2.24) is 4.31 Å². The van der Waals surface area contributed by atoms with E-state index in [1.54, 1.807) is 12.1 Å². The average Bonchev–Trinajstić information content (AvgIpc) is 2.79. The summed E-state index contributed by atoms with van der Waals surface area (Å²) in [7, 11) is -2.33. The van der Waals surface area contributed by atoms with Crippen LogP contribution in [0, 0.1) is 0 Å². The van der Waals surface area contributed by atoms with Crippen LogP contribution in [0.3, 0.4) is 0 Å². The predicted octanol–water partition coefficient (Wildman–Crippen LogP) is 3.55. The minimum atomic E-state index is -3.75. The lowest BCUT2D eigenvalue weighted by atomic mass is 10.1. The highest BCUT2D eigenvalue weighted by molar-refractivity contribution is 7.89. The Morgan fingerprint density at radius 1 is 1.10 bits per heavy atom. The number of hydrogen-bond acceptors (Lipinski definition) is 6. The number of fused-ring (bicyclic) bond motifs is 1. The van der Waals surface area contributed by atoms with Gasteiger partial charge < -0.3 is 19.5 Å². The minimum Gasteiger partial charge on any atom is -0.495 e. The molecule has 0 saturated carbocycles. The van der Waals surface area contributed by atoms with Crippen molar-refractivity contribution in [3.63, 3.8) is 0 Å². The molecule has 2 aliphatic heterocycles. The molecular formula is C21H23ClN2O6S. The fourth-order valence-corrected chi connectivity index (χ4v) is 5.61. The van der Waals surface area contributed by atoms with E-state index < -0.39 is 15.9 Å². The number of methoxy groups -OCH3 is 1. The summed E-state index contributed by atoms with van der Waals surface area (Å²) in [4.78, 5) is 12.8. The molecule has 10 heteroatoms. The molecule has 1 N–H and O–H groups in total. The van der Waals surface area contributed by atoms with Crippen LogP contribution in [0.25, 0.3) is 0 Å². The first kappa shape index (κ1) is 21.7. The predicted molar refractivity (Wildman–Crippen MR) is 116 cm³/mol. The fourth-order valence-electron chi connectivity index (χ4n) is 3.65. The number of piperidine rings is 1. The summed E-state index contributed by atoms with van der Waals surface area (Å²) >= 11 is 6.22. The summed E-state index contributed by atoms with van der Waals surface area (Å²) in [6.07, 6.45) is 2.66. The summed E-state index contributed by atoms with van der Waals surface area (Å²) < 4.78 is 44.1. The van der Waals surface area contributed by atoms with Gasteiger partial charge in [0.2, 0.25) is 10.0 Å². The summed E-state index contributed by atoms with van der Waals surface area (Å²) in [6, 6.07) is 7.57. The van der Waals surface area contributed by atoms with E-state index >= 15 is 0 Å². The summed E-state index contributed by atoms with van der Waals surface area (Å²) in [5.74, 6) is 0.576. The molecule has 0 unspecified atom stereocenters. The standard InChI is InChI=1S/C21H23ClN2O6S/c1-28-17-6-5-15(13-19(17)31(26,27)24-7-3-2-4-8-24)23-21(25)14-11-16(22)20-18(12-14)29-9-10-30-20/h5-6,11-13H,2-4,7-10H2,1H3,(H,23,25). The van der Waals surface area contributed by atoms with Crippen LogP contribution in [0.1, 0.15) is 29.6 Å². The second-order valence-corrected chi connectivity index (χ2v) is 9.58. The highest BCUT2D eigenvalue weighted by Crippen LogP contribution is 2.38. The Morgan fingerprint density at radius 3 is 2.58 bits per heavy atom. The van der Waals surface area contributed by atoms with Crippen LogP contribution in [0.4, 0.5) is 5.69 Å². The molecule has 1 amide bonds. The van der Waals surface area contributed by atoms with Crippen LogP contribution in [0.2, 0.25) is 5.02 Å². The Hall–Kier alpha value is -2.49. The average molecular weight is 467 g/mol. The van der Waals surface area contributed by atoms with E-state index in [9.17, 15) is 13.2 Å². The van der Waals surface area contributed by atoms with E-state index in [0.29, 0.717) is 43.5 Å². The molecule has 0 radical (unpaired) electrons. The SMILES string of the molecule is COc1ccc(NC(=O)c2cc(Cl)c3c(c2)OCCO3)cc1S(=O)(=O)N1CCCCC1. The number of anilines is 1. The maximum absolute atomic E-state index is 13.2. The second kappa shape index (κ2) is 8.94. The maximum atomic E-state index is 13.2. The molecule has 0 spiro atoms. The number of halogens is 1. The van der Waals surface area contributed by atoms with Crippen molar-refractivity contribution in [2.75, 3.05) is 38.7 Å². The van der Waals surface area contributed by atoms with E-state index in [-0.39, 0.29) is 21.2 Å². The normalized spacial score (nSPS) is 16.6. The number of nitrogens with one attached hydrogen (secondary N) is 1. The number of carbonyl (C=O) groups excluding carboxylic acids is 1. The third kappa shape index (κ3) is 4.44. The summed E-state index contributed by atoms with van der Waals surface area (Å²) in [5, 5.41) is 3.00. The molecule has 0 aromatic heterocycles. The van der Waals surface area contributed by atoms with Crippen LogP contribution in [0.5, 0.6) is 17.2 Å². The van der Waals surface area contributed by atoms with E-state index in [2.05, 4.69) is 5.32 Å². The zero-order chi connectivity index (χ0) is 22.0. The number of benzene rings is 2. The molecule has 0 atom stereocenters. The molecule has 1 saturated heterocycles. The number of amides is 1. The first-order valence-electron chi connectivity index (χ1n) is 9.99. The van der Waals surface area contributed by atoms with Gasteiger partial charge in [-0.25, -0.2) is 8.42 Å². The highest BCUT2D eigenvalue weighted by Gasteiger charge is 2.29. The third-order valence-corrected chi connectivity index (χ3v) is 7.41. The Labute approximate surface area is 186 Å². The molecule has 2 aromatic rings. The van der Waals surface area contributed by atoms with Crippen molar-refractivity contribution in [3.05, 3.63) is 40.9 Å². The lowest BCUT2D eigenvalue weighted by Gasteiger charge is -2.26. The number of sulfonamides is 1. The van der Waals surface area contributed by atoms with Crippen LogP contribution < -0.4 is 19.5 Å². The van der Waals surface area contributed by atoms with Gasteiger partial charge in [0.15, 0.2) is 11.5 Å². The van der Waals surface area contributed by atoms with Crippen LogP contribution >= 0.6 is 11.6 Å². The number of rotatable bonds is 5. The van der Waals surface area contributed by atoms with Gasteiger partial charge in [0.05, 0.1) is 12.1 Å². The van der Waals surface area contributed by atoms with Gasteiger partial charge in [-0.15, -0.1) is 0 Å². The topological polar surface area (TPSA) is 94.2 Å². The van der Waals surface area contributed by atoms with Crippen LogP contribution in [-0.4, -0.2) is 52.0 Å². The minimum absolute atomic E-state index is 0.0231. The molecule has 2 heterocycles. The Kier molecular flexibility index (Phi) is 6.27. The Bertz CT molecular complexity index is 1100. The van der Waals surface area contributed by atoms with Crippen LogP contribution in [0.15, 0.2) is 35.2 Å². The van der Waals surface area contributed by atoms with Crippen molar-refractivity contribution in [2.24, 2.45) is 0 Å². The second-order valence-electron chi connectivity index (χ2n) is 7.27. The maximum Gasteiger partial charge on any atom is 0.255 e. The molecule has 166 valence electrons. The Morgan fingerprint density at radius 2 is 1.84 bits per heavy atom. The largest absolute Gasteiger partial charge is 0.495 e. The lowest BCUT2D eigenvalue weighted by molar-refractivity contribution is 0.102. The zero-order valence-electron chi connectivity index (χ0n) is 17.0. The molecule has 4 rings (SSSR count). The van der Waals surface area contributed by atoms with E-state index in [4.69, 9.17) is 25.8 Å². The molecule has 1 fully saturated rings. The number of hydrogen-bond donors (Lipinski definition) is 1. The van der Waals surface area contributed by atoms with Crippen molar-refractivity contribution in [1.29, 1.82) is 0 Å². The first-order chi connectivity index (χ1) is 14.9. The van der Waals surface area contributed by atoms with Gasteiger partial charge >= 0.3 is 0 Å². The lowest BCUT2D eigenvalue weighted by Crippen LogP contribution is -2.35. The van der Waals surface area contributed by atoms with E-state index in [1.165, 1.54) is 29.6 Å². The van der Waals surface area contributed by atoms with Gasteiger partial charge in [-0.2, -0.15) is 4.31 Å². The van der Waals surface area contributed by atoms with Crippen molar-refractivity contribution >= 4 is 33.2 Å². The van der Waals surface area contributed by atoms with Crippen molar-refractivity contribution < 1.29 is 27.4 Å². The summed E-state index contributed by atoms with van der Waals surface area (Å²) in [5.41, 5.74) is 0.595. The highest BCUT2D eigenvalue weighted by atomic mass is 35.5. The summed E-state index contributed by atoms with van der Waals surface area (Å²) in [6.45, 7) is 1.69. The van der Waals surface area contributed by atoms with Gasteiger partial charge in [-0.05, 0) is 43.2 Å². The van der Waals surface area contributed by atoms with E-state index in [0.717, 1.165) is 19.3 Å². The Balaban J connectivity index is 1.61. The molecule has 0 aliphatic carbocycles. The van der Waals surface area contributed by atoms with Crippen molar-refractivity contribution in [2.45, 2.75) is 24.2 Å². The van der Waals surface area contributed by atoms with Gasteiger partial charge in [0.25, 0.3) is 5.91 Å². The van der Waals surface area contributed by atoms with Gasteiger partial charge in [-0.3, -0.25) is 4.79 Å². The smallest absolute Gasteiger partial charge is 0.255 e. The molecule has 2 aromatic carbocycles. The van der Waals surface area contributed by atoms with Gasteiger partial charge in [0, 0.05) is 24.3 Å². The number of ether oxygens (including phenoxy) is 3. The molecule has 0 bridgehead atoms. The number of carbonyl (C=O) groups is 1. The van der Waals surface area contributed by atoms with Crippen LogP contribution in [-0.2, 0) is 10.0 Å². The third-order valence-electron chi connectivity index (χ3n) is 5.21. The number of nitrogens with zero attached hydrogens (tertiary/aromatic N) is 1. The first-order valence-corrected chi connectivity index (χ1v) is 11.8. The molecule has 2 aliphatic rings. The monoisotopic (exact) mass is 466 g/mol. The molecule has 8 nitrogen and oxygen atoms in total. The molecular weight excluding hydrogens is 444 g/mol. The quantitative estimate of drug-likeness (QED) is 0.724. The van der Waals surface area contributed by atoms with Crippen molar-refractivity contribution in [3.8, 4) is 17.2 Å². The molecule has 31 heavy (non-hydrogen) atoms.